The van der Waals surface area contributed by atoms with E-state index in [2.05, 4.69) is 28.0 Å². The van der Waals surface area contributed by atoms with Crippen LogP contribution in [0.3, 0.4) is 0 Å². The fourth-order valence-corrected chi connectivity index (χ4v) is 5.52. The molecular formula is C24H31N3O3S. The predicted octanol–water partition coefficient (Wildman–Crippen LogP) is 4.38. The van der Waals surface area contributed by atoms with Crippen molar-refractivity contribution in [3.05, 3.63) is 40.6 Å². The first-order chi connectivity index (χ1) is 14.6. The first-order valence-corrected chi connectivity index (χ1v) is 12.8. The molecule has 1 aromatic carbocycles. The molecular weight excluding hydrogens is 410 g/mol. The van der Waals surface area contributed by atoms with Crippen LogP contribution in [-0.2, 0) is 9.84 Å². The van der Waals surface area contributed by atoms with Crippen LogP contribution >= 0.6 is 0 Å². The Morgan fingerprint density at radius 3 is 2.55 bits per heavy atom. The molecule has 7 heteroatoms. The summed E-state index contributed by atoms with van der Waals surface area (Å²) in [6.07, 6.45) is 8.64. The Kier molecular flexibility index (Phi) is 5.81. The number of aliphatic imine (C=N–C) groups is 1. The third-order valence-corrected chi connectivity index (χ3v) is 7.71. The topological polar surface area (TPSA) is 80.5 Å². The Morgan fingerprint density at radius 2 is 1.90 bits per heavy atom. The lowest BCUT2D eigenvalue weighted by Crippen LogP contribution is -2.28. The van der Waals surface area contributed by atoms with Gasteiger partial charge in [-0.3, -0.25) is 9.79 Å². The molecule has 2 aromatic rings. The highest BCUT2D eigenvalue weighted by Crippen LogP contribution is 2.36. The molecule has 0 radical (unpaired) electrons. The number of nitrogens with zero attached hydrogens (tertiary/aromatic N) is 2. The Hall–Kier alpha value is -2.41. The maximum Gasteiger partial charge on any atom is 0.252 e. The molecule has 31 heavy (non-hydrogen) atoms. The largest absolute Gasteiger partial charge is 0.348 e. The van der Waals surface area contributed by atoms with Gasteiger partial charge in [-0.15, -0.1) is 0 Å². The van der Waals surface area contributed by atoms with E-state index in [1.807, 2.05) is 13.8 Å². The first-order valence-electron chi connectivity index (χ1n) is 11.0. The summed E-state index contributed by atoms with van der Waals surface area (Å²) in [5.41, 5.74) is 5.74. The Bertz CT molecular complexity index is 1210. The smallest absolute Gasteiger partial charge is 0.252 e. The van der Waals surface area contributed by atoms with Gasteiger partial charge in [0.25, 0.3) is 5.91 Å². The summed E-state index contributed by atoms with van der Waals surface area (Å²) in [5, 5.41) is 3.87. The molecule has 0 bridgehead atoms. The molecule has 1 aliphatic carbocycles. The number of dihydropyridines is 1. The van der Waals surface area contributed by atoms with E-state index in [-0.39, 0.29) is 10.8 Å². The summed E-state index contributed by atoms with van der Waals surface area (Å²) in [4.78, 5) is 17.9. The number of sulfone groups is 1. The van der Waals surface area contributed by atoms with Crippen molar-refractivity contribution in [2.75, 3.05) is 19.3 Å². The number of hydrogen-bond acceptors (Lipinski definition) is 4. The maximum absolute atomic E-state index is 13.3. The lowest BCUT2D eigenvalue weighted by molar-refractivity contribution is 0.0958. The van der Waals surface area contributed by atoms with Crippen LogP contribution in [0.2, 0.25) is 0 Å². The second-order valence-corrected chi connectivity index (χ2v) is 11.1. The minimum Gasteiger partial charge on any atom is -0.348 e. The van der Waals surface area contributed by atoms with E-state index >= 15 is 0 Å². The zero-order valence-electron chi connectivity index (χ0n) is 18.8. The van der Waals surface area contributed by atoms with Gasteiger partial charge in [-0.2, -0.15) is 0 Å². The van der Waals surface area contributed by atoms with Crippen LogP contribution < -0.4 is 5.32 Å². The van der Waals surface area contributed by atoms with E-state index in [1.165, 1.54) is 30.7 Å². The monoisotopic (exact) mass is 441 g/mol. The van der Waals surface area contributed by atoms with Gasteiger partial charge < -0.3 is 9.88 Å². The molecule has 4 rings (SSSR count). The molecule has 0 saturated heterocycles. The fourth-order valence-electron chi connectivity index (χ4n) is 4.86. The van der Waals surface area contributed by atoms with Gasteiger partial charge in [0.15, 0.2) is 9.84 Å². The van der Waals surface area contributed by atoms with Gasteiger partial charge in [-0.25, -0.2) is 8.42 Å². The summed E-state index contributed by atoms with van der Waals surface area (Å²) < 4.78 is 27.0. The van der Waals surface area contributed by atoms with Crippen molar-refractivity contribution < 1.29 is 13.2 Å². The molecule has 0 spiro atoms. The second-order valence-electron chi connectivity index (χ2n) is 9.09. The van der Waals surface area contributed by atoms with Gasteiger partial charge in [0.2, 0.25) is 0 Å². The molecule has 1 aliphatic heterocycles. The zero-order valence-corrected chi connectivity index (χ0v) is 19.6. The number of benzene rings is 1. The van der Waals surface area contributed by atoms with Crippen molar-refractivity contribution in [2.24, 2.45) is 4.99 Å². The number of aromatic nitrogens is 1. The van der Waals surface area contributed by atoms with E-state index in [9.17, 15) is 13.2 Å². The molecule has 2 aliphatic rings. The van der Waals surface area contributed by atoms with Crippen molar-refractivity contribution in [1.82, 2.24) is 9.88 Å². The highest BCUT2D eigenvalue weighted by Gasteiger charge is 2.24. The lowest BCUT2D eigenvalue weighted by Gasteiger charge is -2.17. The third kappa shape index (κ3) is 4.33. The van der Waals surface area contributed by atoms with E-state index < -0.39 is 9.84 Å². The minimum absolute atomic E-state index is 0.191. The van der Waals surface area contributed by atoms with E-state index in [4.69, 9.17) is 0 Å². The molecule has 1 saturated carbocycles. The van der Waals surface area contributed by atoms with E-state index in [0.29, 0.717) is 24.7 Å². The lowest BCUT2D eigenvalue weighted by atomic mass is 10.0. The predicted molar refractivity (Wildman–Crippen MR) is 125 cm³/mol. The molecule has 1 aromatic heterocycles. The van der Waals surface area contributed by atoms with Crippen LogP contribution in [0.15, 0.2) is 39.4 Å². The fraction of sp³-hybridized carbons (Fsp3) is 0.500. The van der Waals surface area contributed by atoms with Crippen molar-refractivity contribution in [1.29, 1.82) is 0 Å². The minimum atomic E-state index is -3.45. The molecule has 2 heterocycles. The van der Waals surface area contributed by atoms with Gasteiger partial charge in [-0.1, -0.05) is 18.4 Å². The average molecular weight is 442 g/mol. The van der Waals surface area contributed by atoms with Crippen molar-refractivity contribution in [2.45, 2.75) is 63.8 Å². The van der Waals surface area contributed by atoms with Crippen LogP contribution in [-0.4, -0.2) is 43.9 Å². The van der Waals surface area contributed by atoms with Gasteiger partial charge in [-0.05, 0) is 56.9 Å². The number of allylic oxidation sites excluding steroid dienone is 1. The molecule has 6 nitrogen and oxygen atoms in total. The van der Waals surface area contributed by atoms with Crippen molar-refractivity contribution in [3.8, 4) is 0 Å². The van der Waals surface area contributed by atoms with Gasteiger partial charge in [0.05, 0.1) is 22.5 Å². The molecule has 0 atom stereocenters. The van der Waals surface area contributed by atoms with Crippen molar-refractivity contribution in [3.63, 3.8) is 0 Å². The molecule has 0 unspecified atom stereocenters. The maximum atomic E-state index is 13.3. The summed E-state index contributed by atoms with van der Waals surface area (Å²) in [5.74, 6) is -0.241. The van der Waals surface area contributed by atoms with E-state index in [0.717, 1.165) is 47.0 Å². The number of amides is 1. The van der Waals surface area contributed by atoms with Crippen LogP contribution in [0.5, 0.6) is 0 Å². The molecule has 1 N–H and O–H groups in total. The average Bonchev–Trinajstić information content (AvgIpc) is 3.34. The normalized spacial score (nSPS) is 18.0. The Morgan fingerprint density at radius 1 is 1.19 bits per heavy atom. The number of carbonyl (C=O) groups is 1. The second kappa shape index (κ2) is 8.26. The number of carbonyl (C=O) groups excluding carboxylic acids is 1. The SMILES string of the molecule is CC1=NCC(CNC(=O)c2cc(S(C)(=O)=O)cc3c2c(C)cn3C2CCCC2)=C(C)C1. The molecule has 1 fully saturated rings. The third-order valence-electron chi connectivity index (χ3n) is 6.61. The van der Waals surface area contributed by atoms with Gasteiger partial charge >= 0.3 is 0 Å². The van der Waals surface area contributed by atoms with Gasteiger partial charge in [0.1, 0.15) is 0 Å². The highest BCUT2D eigenvalue weighted by molar-refractivity contribution is 7.90. The summed E-state index contributed by atoms with van der Waals surface area (Å²) in [6, 6.07) is 3.62. The number of rotatable bonds is 5. The standard InChI is InChI=1S/C24H31N3O3S/c1-15-9-17(3)25-12-18(15)13-26-24(28)21-10-20(31(4,29)30)11-22-23(21)16(2)14-27(22)19-7-5-6-8-19/h10-11,14,19H,5-9,12-13H2,1-4H3,(H,26,28). The zero-order chi connectivity index (χ0) is 22.3. The summed E-state index contributed by atoms with van der Waals surface area (Å²) in [6.45, 7) is 7.12. The number of aryl methyl sites for hydroxylation is 1. The van der Waals surface area contributed by atoms with Crippen LogP contribution in [0.25, 0.3) is 10.9 Å². The Labute approximate surface area is 184 Å². The highest BCUT2D eigenvalue weighted by atomic mass is 32.2. The van der Waals surface area contributed by atoms with Crippen molar-refractivity contribution >= 4 is 32.4 Å². The van der Waals surface area contributed by atoms with Crippen LogP contribution in [0.1, 0.15) is 67.9 Å². The molecule has 166 valence electrons. The summed E-state index contributed by atoms with van der Waals surface area (Å²) in [7, 11) is -3.45. The van der Waals surface area contributed by atoms with Crippen LogP contribution in [0.4, 0.5) is 0 Å². The number of fused-ring (bicyclic) bond motifs is 1. The Balaban J connectivity index is 1.74. The number of nitrogens with one attached hydrogen (secondary N) is 1. The number of hydrogen-bond donors (Lipinski definition) is 1. The van der Waals surface area contributed by atoms with Gasteiger partial charge in [0, 0.05) is 42.6 Å². The quantitative estimate of drug-likeness (QED) is 0.699. The summed E-state index contributed by atoms with van der Waals surface area (Å²) >= 11 is 0. The van der Waals surface area contributed by atoms with Crippen LogP contribution in [0, 0.1) is 6.92 Å². The molecule has 1 amide bonds. The first kappa shape index (κ1) is 21.8. The van der Waals surface area contributed by atoms with E-state index in [1.54, 1.807) is 6.07 Å².